The van der Waals surface area contributed by atoms with E-state index >= 15 is 0 Å². The molecular formula is C16H29N3O2S. The van der Waals surface area contributed by atoms with E-state index in [0.29, 0.717) is 32.4 Å². The molecule has 0 aliphatic rings. The lowest BCUT2D eigenvalue weighted by atomic mass is 10.2. The average molecular weight is 327 g/mol. The normalized spacial score (nSPS) is 13.2. The van der Waals surface area contributed by atoms with Crippen molar-refractivity contribution < 1.29 is 9.47 Å². The van der Waals surface area contributed by atoms with Gasteiger partial charge in [-0.25, -0.2) is 0 Å². The van der Waals surface area contributed by atoms with Crippen LogP contribution in [0.3, 0.4) is 0 Å². The van der Waals surface area contributed by atoms with Gasteiger partial charge in [0.25, 0.3) is 0 Å². The molecular weight excluding hydrogens is 298 g/mol. The minimum atomic E-state index is 0.338. The molecule has 0 bridgehead atoms. The largest absolute Gasteiger partial charge is 0.382 e. The molecule has 1 unspecified atom stereocenters. The smallest absolute Gasteiger partial charge is 0.191 e. The van der Waals surface area contributed by atoms with E-state index in [2.05, 4.69) is 48.5 Å². The highest BCUT2D eigenvalue weighted by molar-refractivity contribution is 7.11. The molecule has 0 amide bonds. The lowest BCUT2D eigenvalue weighted by molar-refractivity contribution is 0.0748. The molecule has 5 nitrogen and oxygen atoms in total. The van der Waals surface area contributed by atoms with Crippen LogP contribution in [0.5, 0.6) is 0 Å². The van der Waals surface area contributed by atoms with E-state index in [1.54, 1.807) is 7.11 Å². The second-order valence-electron chi connectivity index (χ2n) is 5.13. The Morgan fingerprint density at radius 1 is 1.32 bits per heavy atom. The number of nitrogens with zero attached hydrogens (tertiary/aromatic N) is 1. The highest BCUT2D eigenvalue weighted by Gasteiger charge is 2.07. The third-order valence-electron chi connectivity index (χ3n) is 2.97. The van der Waals surface area contributed by atoms with Crippen LogP contribution in [-0.4, -0.2) is 52.0 Å². The van der Waals surface area contributed by atoms with E-state index in [4.69, 9.17) is 9.47 Å². The zero-order valence-corrected chi connectivity index (χ0v) is 15.0. The van der Waals surface area contributed by atoms with E-state index in [1.165, 1.54) is 9.75 Å². The molecule has 1 aromatic rings. The van der Waals surface area contributed by atoms with Gasteiger partial charge in [-0.1, -0.05) is 0 Å². The molecule has 126 valence electrons. The fraction of sp³-hybridized carbons (Fsp3) is 0.688. The van der Waals surface area contributed by atoms with Crippen molar-refractivity contribution in [1.82, 2.24) is 10.6 Å². The van der Waals surface area contributed by atoms with Crippen molar-refractivity contribution in [3.8, 4) is 0 Å². The summed E-state index contributed by atoms with van der Waals surface area (Å²) in [4.78, 5) is 7.29. The van der Waals surface area contributed by atoms with Crippen LogP contribution >= 0.6 is 11.3 Å². The molecule has 1 aromatic heterocycles. The molecule has 22 heavy (non-hydrogen) atoms. The van der Waals surface area contributed by atoms with Crippen LogP contribution < -0.4 is 10.6 Å². The van der Waals surface area contributed by atoms with Gasteiger partial charge in [0, 0.05) is 35.9 Å². The molecule has 0 aliphatic carbocycles. The Bertz CT molecular complexity index is 435. The van der Waals surface area contributed by atoms with Crippen molar-refractivity contribution >= 4 is 17.3 Å². The van der Waals surface area contributed by atoms with Gasteiger partial charge in [-0.3, -0.25) is 4.99 Å². The summed E-state index contributed by atoms with van der Waals surface area (Å²) in [5.41, 5.74) is 0. The highest BCUT2D eigenvalue weighted by atomic mass is 32.1. The van der Waals surface area contributed by atoms with Gasteiger partial charge in [0.15, 0.2) is 5.96 Å². The second-order valence-corrected chi connectivity index (χ2v) is 6.50. The van der Waals surface area contributed by atoms with Crippen LogP contribution in [0.25, 0.3) is 0 Å². The van der Waals surface area contributed by atoms with Gasteiger partial charge in [-0.05, 0) is 32.9 Å². The zero-order chi connectivity index (χ0) is 16.2. The molecule has 1 rings (SSSR count). The summed E-state index contributed by atoms with van der Waals surface area (Å²) in [5.74, 6) is 0.846. The number of aryl methyl sites for hydroxylation is 1. The number of thiophene rings is 1. The Labute approximate surface area is 138 Å². The Morgan fingerprint density at radius 3 is 2.77 bits per heavy atom. The molecule has 0 fully saturated rings. The van der Waals surface area contributed by atoms with Gasteiger partial charge in [0.05, 0.1) is 26.4 Å². The summed E-state index contributed by atoms with van der Waals surface area (Å²) in [6.45, 7) is 9.73. The third-order valence-corrected chi connectivity index (χ3v) is 3.99. The molecule has 0 aromatic carbocycles. The summed E-state index contributed by atoms with van der Waals surface area (Å²) in [6.07, 6.45) is 1.01. The topological polar surface area (TPSA) is 54.9 Å². The van der Waals surface area contributed by atoms with E-state index in [1.807, 2.05) is 11.3 Å². The van der Waals surface area contributed by atoms with Crippen molar-refractivity contribution in [3.63, 3.8) is 0 Å². The van der Waals surface area contributed by atoms with Crippen molar-refractivity contribution in [2.45, 2.75) is 33.2 Å². The van der Waals surface area contributed by atoms with E-state index in [9.17, 15) is 0 Å². The first-order valence-electron chi connectivity index (χ1n) is 7.82. The van der Waals surface area contributed by atoms with Crippen LogP contribution in [0.1, 0.15) is 23.6 Å². The maximum atomic E-state index is 5.42. The summed E-state index contributed by atoms with van der Waals surface area (Å²) in [5, 5.41) is 6.71. The number of nitrogens with one attached hydrogen (secondary N) is 2. The maximum Gasteiger partial charge on any atom is 0.191 e. The van der Waals surface area contributed by atoms with Gasteiger partial charge in [0.2, 0.25) is 0 Å². The maximum absolute atomic E-state index is 5.42. The van der Waals surface area contributed by atoms with Crippen molar-refractivity contribution in [2.24, 2.45) is 4.99 Å². The predicted molar refractivity (Wildman–Crippen MR) is 94.0 cm³/mol. The quantitative estimate of drug-likeness (QED) is 0.393. The molecule has 1 atom stereocenters. The number of methoxy groups -OCH3 is 1. The number of guanidine groups is 1. The van der Waals surface area contributed by atoms with E-state index < -0.39 is 0 Å². The number of rotatable bonds is 10. The number of ether oxygens (including phenoxy) is 2. The predicted octanol–water partition coefficient (Wildman–Crippen LogP) is 2.21. The first kappa shape index (κ1) is 18.9. The number of aliphatic imine (C=N–C) groups is 1. The van der Waals surface area contributed by atoms with Crippen molar-refractivity contribution in [1.29, 1.82) is 0 Å². The van der Waals surface area contributed by atoms with Gasteiger partial charge < -0.3 is 20.1 Å². The minimum Gasteiger partial charge on any atom is -0.382 e. The molecule has 6 heteroatoms. The molecule has 0 saturated heterocycles. The molecule has 0 spiro atoms. The third kappa shape index (κ3) is 8.36. The fourth-order valence-corrected chi connectivity index (χ4v) is 2.99. The van der Waals surface area contributed by atoms with Gasteiger partial charge >= 0.3 is 0 Å². The zero-order valence-electron chi connectivity index (χ0n) is 14.1. The monoisotopic (exact) mass is 327 g/mol. The first-order valence-corrected chi connectivity index (χ1v) is 8.64. The van der Waals surface area contributed by atoms with Gasteiger partial charge in [0.1, 0.15) is 0 Å². The summed E-state index contributed by atoms with van der Waals surface area (Å²) in [6, 6.07) is 4.71. The average Bonchev–Trinajstić information content (AvgIpc) is 2.87. The van der Waals surface area contributed by atoms with Crippen LogP contribution in [0.2, 0.25) is 0 Å². The Morgan fingerprint density at radius 2 is 2.14 bits per heavy atom. The Kier molecular flexibility index (Phi) is 9.86. The molecule has 2 N–H and O–H groups in total. The van der Waals surface area contributed by atoms with E-state index in [0.717, 1.165) is 18.9 Å². The molecule has 0 aliphatic heterocycles. The Balaban J connectivity index is 2.34. The SMILES string of the molecule is CCNC(=NCCOCCOC)NC(C)Cc1ccc(C)s1. The lowest BCUT2D eigenvalue weighted by Gasteiger charge is -2.17. The molecule has 0 radical (unpaired) electrons. The second kappa shape index (κ2) is 11.5. The number of hydrogen-bond donors (Lipinski definition) is 2. The summed E-state index contributed by atoms with van der Waals surface area (Å²) >= 11 is 1.85. The van der Waals surface area contributed by atoms with Crippen molar-refractivity contribution in [2.75, 3.05) is 40.0 Å². The summed E-state index contributed by atoms with van der Waals surface area (Å²) in [7, 11) is 1.67. The van der Waals surface area contributed by atoms with Crippen LogP contribution in [0.15, 0.2) is 17.1 Å². The van der Waals surface area contributed by atoms with Crippen LogP contribution in [-0.2, 0) is 15.9 Å². The standard InChI is InChI=1S/C16H29N3O2S/c1-5-17-16(18-8-9-21-11-10-20-4)19-13(2)12-15-7-6-14(3)22-15/h6-7,13H,5,8-12H2,1-4H3,(H2,17,18,19). The highest BCUT2D eigenvalue weighted by Crippen LogP contribution is 2.16. The van der Waals surface area contributed by atoms with Gasteiger partial charge in [-0.2, -0.15) is 0 Å². The van der Waals surface area contributed by atoms with Crippen LogP contribution in [0, 0.1) is 6.92 Å². The van der Waals surface area contributed by atoms with Crippen molar-refractivity contribution in [3.05, 3.63) is 21.9 Å². The minimum absolute atomic E-state index is 0.338. The van der Waals surface area contributed by atoms with Gasteiger partial charge in [-0.15, -0.1) is 11.3 Å². The molecule has 0 saturated carbocycles. The lowest BCUT2D eigenvalue weighted by Crippen LogP contribution is -2.43. The van der Waals surface area contributed by atoms with Crippen LogP contribution in [0.4, 0.5) is 0 Å². The Hall–Kier alpha value is -1.11. The van der Waals surface area contributed by atoms with E-state index in [-0.39, 0.29) is 0 Å². The first-order chi connectivity index (χ1) is 10.7. The fourth-order valence-electron chi connectivity index (χ4n) is 1.97. The number of hydrogen-bond acceptors (Lipinski definition) is 4. The molecule has 1 heterocycles. The summed E-state index contributed by atoms with van der Waals surface area (Å²) < 4.78 is 10.4.